The third kappa shape index (κ3) is 5.34. The highest BCUT2D eigenvalue weighted by Gasteiger charge is 2.32. The molecule has 1 aliphatic heterocycles. The lowest BCUT2D eigenvalue weighted by Gasteiger charge is -2.32. The number of imidazole rings is 1. The van der Waals surface area contributed by atoms with Crippen LogP contribution in [0.15, 0.2) is 48.5 Å². The smallest absolute Gasteiger partial charge is 0.281 e. The lowest BCUT2D eigenvalue weighted by Crippen LogP contribution is -2.46. The van der Waals surface area contributed by atoms with Crippen molar-refractivity contribution in [3.8, 4) is 0 Å². The molecule has 2 heterocycles. The second kappa shape index (κ2) is 10.1. The van der Waals surface area contributed by atoms with Crippen LogP contribution in [-0.4, -0.2) is 64.6 Å². The van der Waals surface area contributed by atoms with Gasteiger partial charge in [-0.1, -0.05) is 24.3 Å². The van der Waals surface area contributed by atoms with Crippen LogP contribution >= 0.6 is 0 Å². The minimum atomic E-state index is -3.50. The molecule has 0 saturated carbocycles. The van der Waals surface area contributed by atoms with E-state index in [1.54, 1.807) is 12.1 Å². The number of non-ortho nitro benzene ring substituents is 1. The van der Waals surface area contributed by atoms with Crippen LogP contribution in [0.5, 0.6) is 0 Å². The molecule has 0 bridgehead atoms. The summed E-state index contributed by atoms with van der Waals surface area (Å²) < 4.78 is 29.2. The first-order valence-corrected chi connectivity index (χ1v) is 12.7. The zero-order valence-corrected chi connectivity index (χ0v) is 20.4. The molecular weight excluding hydrogens is 472 g/mol. The van der Waals surface area contributed by atoms with Crippen LogP contribution in [0.25, 0.3) is 11.0 Å². The molecule has 4 rings (SSSR count). The number of nitro groups is 1. The van der Waals surface area contributed by atoms with Gasteiger partial charge in [-0.25, -0.2) is 4.98 Å². The molecule has 0 unspecified atom stereocenters. The number of nitrogens with zero attached hydrogens (tertiary/aromatic N) is 5. The largest absolute Gasteiger partial charge is 0.310 e. The van der Waals surface area contributed by atoms with Crippen LogP contribution in [0.4, 0.5) is 11.6 Å². The molecule has 1 amide bonds. The Hall–Kier alpha value is -3.35. The number of hydrogen-bond donors (Lipinski definition) is 1. The number of rotatable bonds is 8. The molecule has 35 heavy (non-hydrogen) atoms. The van der Waals surface area contributed by atoms with Crippen molar-refractivity contribution >= 4 is 38.8 Å². The molecule has 1 fully saturated rings. The number of benzene rings is 2. The van der Waals surface area contributed by atoms with Crippen LogP contribution in [0.3, 0.4) is 0 Å². The van der Waals surface area contributed by atoms with Crippen molar-refractivity contribution in [1.82, 2.24) is 18.2 Å². The van der Waals surface area contributed by atoms with Gasteiger partial charge in [-0.05, 0) is 37.0 Å². The fourth-order valence-corrected chi connectivity index (χ4v) is 5.39. The molecule has 12 heteroatoms. The van der Waals surface area contributed by atoms with Crippen molar-refractivity contribution in [2.24, 2.45) is 5.92 Å². The maximum atomic E-state index is 13.1. The molecule has 1 saturated heterocycles. The van der Waals surface area contributed by atoms with E-state index in [4.69, 9.17) is 0 Å². The quantitative estimate of drug-likeness (QED) is 0.374. The van der Waals surface area contributed by atoms with Crippen molar-refractivity contribution in [3.63, 3.8) is 0 Å². The summed E-state index contributed by atoms with van der Waals surface area (Å²) in [6, 6.07) is 14.0. The van der Waals surface area contributed by atoms with Crippen LogP contribution in [-0.2, 0) is 28.0 Å². The predicted octanol–water partition coefficient (Wildman–Crippen LogP) is 2.64. The van der Waals surface area contributed by atoms with Gasteiger partial charge in [0, 0.05) is 51.8 Å². The van der Waals surface area contributed by atoms with Crippen LogP contribution in [0, 0.1) is 16.0 Å². The second-order valence-corrected chi connectivity index (χ2v) is 10.8. The lowest BCUT2D eigenvalue weighted by atomic mass is 9.97. The third-order valence-corrected chi connectivity index (χ3v) is 8.19. The van der Waals surface area contributed by atoms with Crippen molar-refractivity contribution in [3.05, 3.63) is 64.2 Å². The molecule has 0 radical (unpaired) electrons. The number of hydrogen-bond acceptors (Lipinski definition) is 6. The number of nitro benzene ring substituents is 1. The molecule has 3 aromatic rings. The summed E-state index contributed by atoms with van der Waals surface area (Å²) in [4.78, 5) is 28.3. The number of nitrogens with one attached hydrogen (secondary N) is 1. The molecule has 0 aliphatic carbocycles. The van der Waals surface area contributed by atoms with Crippen molar-refractivity contribution in [2.75, 3.05) is 32.5 Å². The Kier molecular flexibility index (Phi) is 7.15. The van der Waals surface area contributed by atoms with Crippen LogP contribution < -0.4 is 5.32 Å². The molecule has 1 aromatic heterocycles. The summed E-state index contributed by atoms with van der Waals surface area (Å²) in [5.74, 6) is -0.113. The van der Waals surface area contributed by atoms with Crippen LogP contribution in [0.2, 0.25) is 0 Å². The van der Waals surface area contributed by atoms with E-state index < -0.39 is 15.1 Å². The highest BCUT2D eigenvalue weighted by molar-refractivity contribution is 7.86. The van der Waals surface area contributed by atoms with Gasteiger partial charge in [0.1, 0.15) is 0 Å². The Morgan fingerprint density at radius 1 is 1.17 bits per heavy atom. The maximum absolute atomic E-state index is 13.1. The molecule has 0 atom stereocenters. The van der Waals surface area contributed by atoms with Gasteiger partial charge in [0.25, 0.3) is 15.9 Å². The van der Waals surface area contributed by atoms with E-state index in [2.05, 4.69) is 10.3 Å². The van der Waals surface area contributed by atoms with Gasteiger partial charge in [0.15, 0.2) is 0 Å². The number of fused-ring (bicyclic) bond motifs is 1. The molecule has 2 aromatic carbocycles. The number of carbonyl (C=O) groups excluding carboxylic acids is 1. The van der Waals surface area contributed by atoms with Gasteiger partial charge in [0.2, 0.25) is 11.9 Å². The first-order chi connectivity index (χ1) is 16.7. The van der Waals surface area contributed by atoms with Gasteiger partial charge in [-0.3, -0.25) is 20.2 Å². The lowest BCUT2D eigenvalue weighted by molar-refractivity contribution is -0.384. The summed E-state index contributed by atoms with van der Waals surface area (Å²) >= 11 is 0. The van der Waals surface area contributed by atoms with E-state index in [-0.39, 0.29) is 30.6 Å². The van der Waals surface area contributed by atoms with Crippen molar-refractivity contribution in [2.45, 2.75) is 25.8 Å². The zero-order chi connectivity index (χ0) is 25.2. The van der Waals surface area contributed by atoms with E-state index in [0.29, 0.717) is 31.8 Å². The summed E-state index contributed by atoms with van der Waals surface area (Å²) in [5.41, 5.74) is 2.42. The average molecular weight is 501 g/mol. The third-order valence-electron chi connectivity index (χ3n) is 6.25. The fraction of sp³-hybridized carbons (Fsp3) is 0.391. The van der Waals surface area contributed by atoms with Gasteiger partial charge in [-0.15, -0.1) is 0 Å². The van der Waals surface area contributed by atoms with E-state index in [1.807, 2.05) is 34.9 Å². The number of amides is 1. The number of aryl methyl sites for hydroxylation is 2. The molecule has 11 nitrogen and oxygen atoms in total. The highest BCUT2D eigenvalue weighted by atomic mass is 32.2. The van der Waals surface area contributed by atoms with Crippen molar-refractivity contribution in [1.29, 1.82) is 0 Å². The van der Waals surface area contributed by atoms with E-state index in [0.717, 1.165) is 16.6 Å². The Bertz CT molecular complexity index is 1350. The minimum absolute atomic E-state index is 0.0362. The molecule has 1 aliphatic rings. The van der Waals surface area contributed by atoms with Gasteiger partial charge < -0.3 is 4.57 Å². The number of carbonyl (C=O) groups is 1. The number of para-hydroxylation sites is 2. The summed E-state index contributed by atoms with van der Waals surface area (Å²) in [6.07, 6.45) is 1.37. The Balaban J connectivity index is 1.49. The maximum Gasteiger partial charge on any atom is 0.281 e. The fourth-order valence-electron chi connectivity index (χ4n) is 4.26. The second-order valence-electron chi connectivity index (χ2n) is 8.71. The predicted molar refractivity (Wildman–Crippen MR) is 132 cm³/mol. The van der Waals surface area contributed by atoms with E-state index in [1.165, 1.54) is 28.8 Å². The molecule has 186 valence electrons. The molecule has 1 N–H and O–H groups in total. The Morgan fingerprint density at radius 3 is 2.57 bits per heavy atom. The SMILES string of the molecule is CN(C)S(=O)(=O)N1CCC(C(=O)Nc2nc3ccccc3n2CCc2cccc([N+](=O)[O-])c2)CC1. The monoisotopic (exact) mass is 500 g/mol. The van der Waals surface area contributed by atoms with Crippen LogP contribution in [0.1, 0.15) is 18.4 Å². The first kappa shape index (κ1) is 24.8. The minimum Gasteiger partial charge on any atom is -0.310 e. The molecule has 0 spiro atoms. The Morgan fingerprint density at radius 2 is 1.89 bits per heavy atom. The van der Waals surface area contributed by atoms with Gasteiger partial charge in [-0.2, -0.15) is 17.0 Å². The topological polar surface area (TPSA) is 131 Å². The summed E-state index contributed by atoms with van der Waals surface area (Å²) in [5, 5.41) is 14.0. The zero-order valence-electron chi connectivity index (χ0n) is 19.6. The standard InChI is InChI=1S/C23H28N6O5S/c1-26(2)35(33,34)27-13-11-18(12-14-27)22(30)25-23-24-20-8-3-4-9-21(20)28(23)15-10-17-6-5-7-19(16-17)29(31)32/h3-9,16,18H,10-15H2,1-2H3,(H,24,25,30). The molecular formula is C23H28N6O5S. The Labute approximate surface area is 203 Å². The first-order valence-electron chi connectivity index (χ1n) is 11.3. The van der Waals surface area contributed by atoms with Gasteiger partial charge in [0.05, 0.1) is 16.0 Å². The normalized spacial score (nSPS) is 15.5. The van der Waals surface area contributed by atoms with Gasteiger partial charge >= 0.3 is 0 Å². The van der Waals surface area contributed by atoms with E-state index in [9.17, 15) is 23.3 Å². The average Bonchev–Trinajstić information content (AvgIpc) is 3.19. The summed E-state index contributed by atoms with van der Waals surface area (Å²) in [7, 11) is -0.513. The number of piperidine rings is 1. The van der Waals surface area contributed by atoms with E-state index >= 15 is 0 Å². The summed E-state index contributed by atoms with van der Waals surface area (Å²) in [6.45, 7) is 1.03. The number of aromatic nitrogens is 2. The highest BCUT2D eigenvalue weighted by Crippen LogP contribution is 2.25. The number of anilines is 1. The van der Waals surface area contributed by atoms with Crippen molar-refractivity contribution < 1.29 is 18.1 Å².